The van der Waals surface area contributed by atoms with Gasteiger partial charge >= 0.3 is 0 Å². The van der Waals surface area contributed by atoms with E-state index in [-0.39, 0.29) is 30.7 Å². The minimum Gasteiger partial charge on any atom is -0.327 e. The van der Waals surface area contributed by atoms with Crippen LogP contribution in [-0.2, 0) is 9.59 Å². The molecule has 0 radical (unpaired) electrons. The highest BCUT2D eigenvalue weighted by molar-refractivity contribution is 7.99. The number of unbranched alkanes of at least 4 members (excludes halogenated alkanes) is 4. The van der Waals surface area contributed by atoms with E-state index < -0.39 is 0 Å². The zero-order chi connectivity index (χ0) is 21.6. The number of hydrogen-bond acceptors (Lipinski definition) is 4. The van der Waals surface area contributed by atoms with Gasteiger partial charge in [-0.3, -0.25) is 14.9 Å². The lowest BCUT2D eigenvalue weighted by Crippen LogP contribution is -2.32. The van der Waals surface area contributed by atoms with E-state index in [1.54, 1.807) is 11.8 Å². The van der Waals surface area contributed by atoms with Gasteiger partial charge in [-0.2, -0.15) is 0 Å². The highest BCUT2D eigenvalue weighted by Gasteiger charge is 2.10. The molecule has 2 aromatic rings. The van der Waals surface area contributed by atoms with Gasteiger partial charge in [0.15, 0.2) is 0 Å². The van der Waals surface area contributed by atoms with Gasteiger partial charge in [0.05, 0.1) is 0 Å². The number of rotatable bonds is 13. The molecule has 1 atom stereocenters. The molecule has 30 heavy (non-hydrogen) atoms. The van der Waals surface area contributed by atoms with E-state index in [1.807, 2.05) is 24.3 Å². The second-order valence-corrected chi connectivity index (χ2v) is 8.71. The van der Waals surface area contributed by atoms with Crippen molar-refractivity contribution in [1.82, 2.24) is 5.32 Å². The summed E-state index contributed by atoms with van der Waals surface area (Å²) in [4.78, 5) is 25.0. The first kappa shape index (κ1) is 24.2. The number of amides is 2. The van der Waals surface area contributed by atoms with Gasteiger partial charge in [0.25, 0.3) is 0 Å². The van der Waals surface area contributed by atoms with E-state index in [2.05, 4.69) is 42.6 Å². The van der Waals surface area contributed by atoms with Crippen LogP contribution in [-0.4, -0.2) is 23.6 Å². The number of nitrogens with two attached hydrogens (primary N) is 1. The molecule has 0 bridgehead atoms. The van der Waals surface area contributed by atoms with Gasteiger partial charge in [0, 0.05) is 29.5 Å². The number of carbonyl (C=O) groups excluding carboxylic acids is 2. The minimum atomic E-state index is -0.248. The molecule has 162 valence electrons. The minimum absolute atomic E-state index is 0.0923. The van der Waals surface area contributed by atoms with E-state index in [1.165, 1.54) is 34.9 Å². The van der Waals surface area contributed by atoms with Gasteiger partial charge in [-0.1, -0.05) is 68.7 Å². The normalized spacial score (nSPS) is 12.3. The zero-order valence-corrected chi connectivity index (χ0v) is 18.8. The Morgan fingerprint density at radius 1 is 1.03 bits per heavy atom. The summed E-state index contributed by atoms with van der Waals surface area (Å²) in [5.74, 6) is 0.242. The van der Waals surface area contributed by atoms with Crippen molar-refractivity contribution in [3.63, 3.8) is 0 Å². The van der Waals surface area contributed by atoms with E-state index >= 15 is 0 Å². The second kappa shape index (κ2) is 14.0. The first-order valence-electron chi connectivity index (χ1n) is 10.9. The largest absolute Gasteiger partial charge is 0.327 e. The van der Waals surface area contributed by atoms with E-state index in [4.69, 9.17) is 5.73 Å². The van der Waals surface area contributed by atoms with Crippen LogP contribution in [0.3, 0.4) is 0 Å². The van der Waals surface area contributed by atoms with Crippen LogP contribution >= 0.6 is 11.8 Å². The van der Waals surface area contributed by atoms with Crippen molar-refractivity contribution < 1.29 is 9.59 Å². The summed E-state index contributed by atoms with van der Waals surface area (Å²) in [5.41, 5.74) is 6.16. The Kier molecular flexibility index (Phi) is 11.3. The van der Waals surface area contributed by atoms with Gasteiger partial charge in [0.1, 0.15) is 0 Å². The molecule has 0 unspecified atom stereocenters. The first-order chi connectivity index (χ1) is 14.6. The zero-order valence-electron chi connectivity index (χ0n) is 17.9. The summed E-state index contributed by atoms with van der Waals surface area (Å²) in [6.07, 6.45) is 10.8. The Balaban J connectivity index is 1.60. The number of thioether (sulfide) groups is 1. The summed E-state index contributed by atoms with van der Waals surface area (Å²) < 4.78 is 0. The maximum atomic E-state index is 12.0. The van der Waals surface area contributed by atoms with Crippen molar-refractivity contribution in [2.24, 2.45) is 5.73 Å². The molecule has 0 saturated heterocycles. The number of nitrogens with one attached hydrogen (secondary N) is 1. The lowest BCUT2D eigenvalue weighted by molar-refractivity contribution is -0.130. The fourth-order valence-electron chi connectivity index (χ4n) is 3.13. The summed E-state index contributed by atoms with van der Waals surface area (Å²) in [6, 6.07) is 14.5. The molecule has 4 nitrogen and oxygen atoms in total. The van der Waals surface area contributed by atoms with Crippen LogP contribution in [0, 0.1) is 0 Å². The Labute approximate surface area is 184 Å². The topological polar surface area (TPSA) is 72.2 Å². The third kappa shape index (κ3) is 9.59. The Hall–Kier alpha value is -2.11. The molecule has 0 aromatic heterocycles. The fourth-order valence-corrected chi connectivity index (χ4v) is 4.07. The third-order valence-corrected chi connectivity index (χ3v) is 6.08. The summed E-state index contributed by atoms with van der Waals surface area (Å²) in [5, 5.41) is 4.88. The maximum Gasteiger partial charge on any atom is 0.230 e. The summed E-state index contributed by atoms with van der Waals surface area (Å²) >= 11 is 1.70. The quantitative estimate of drug-likeness (QED) is 0.248. The van der Waals surface area contributed by atoms with E-state index in [0.29, 0.717) is 6.42 Å². The molecule has 0 spiro atoms. The average molecular weight is 427 g/mol. The van der Waals surface area contributed by atoms with Crippen molar-refractivity contribution in [1.29, 1.82) is 0 Å². The predicted octanol–water partition coefficient (Wildman–Crippen LogP) is 5.60. The monoisotopic (exact) mass is 426 g/mol. The number of imide groups is 1. The Morgan fingerprint density at radius 2 is 1.83 bits per heavy atom. The molecule has 0 fully saturated rings. The van der Waals surface area contributed by atoms with Crippen LogP contribution in [0.1, 0.15) is 58.3 Å². The molecule has 0 aliphatic carbocycles. The number of benzene rings is 2. The van der Waals surface area contributed by atoms with Gasteiger partial charge in [0.2, 0.25) is 11.8 Å². The Bertz CT molecular complexity index is 835. The van der Waals surface area contributed by atoms with Crippen LogP contribution in [0.15, 0.2) is 59.5 Å². The number of hydrogen-bond donors (Lipinski definition) is 2. The SMILES string of the molecule is CCCCCC/C=C/CC(=O)NC(=O)CC[C@H](N)CSc1ccc2ccccc2c1. The number of allylic oxidation sites excluding steroid dienone is 1. The van der Waals surface area contributed by atoms with Crippen molar-refractivity contribution in [2.75, 3.05) is 5.75 Å². The molecule has 3 N–H and O–H groups in total. The Morgan fingerprint density at radius 3 is 2.63 bits per heavy atom. The van der Waals surface area contributed by atoms with Crippen LogP contribution < -0.4 is 11.1 Å². The highest BCUT2D eigenvalue weighted by atomic mass is 32.2. The van der Waals surface area contributed by atoms with Crippen LogP contribution in [0.5, 0.6) is 0 Å². The molecule has 0 heterocycles. The van der Waals surface area contributed by atoms with Gasteiger partial charge in [-0.25, -0.2) is 0 Å². The highest BCUT2D eigenvalue weighted by Crippen LogP contribution is 2.24. The summed E-state index contributed by atoms with van der Waals surface area (Å²) in [6.45, 7) is 2.19. The molecule has 0 saturated carbocycles. The molecule has 0 aliphatic heterocycles. The standard InChI is InChI=1S/C25H34N2O2S/c1-2-3-4-5-6-7-8-13-24(28)27-25(29)17-15-22(26)19-30-23-16-14-20-11-9-10-12-21(20)18-23/h7-12,14,16,18,22H,2-6,13,15,17,19,26H2,1H3,(H,27,28,29)/b8-7+/t22-/m0/s1. The van der Waals surface area contributed by atoms with Crippen molar-refractivity contribution in [3.05, 3.63) is 54.6 Å². The van der Waals surface area contributed by atoms with Crippen molar-refractivity contribution >= 4 is 34.3 Å². The van der Waals surface area contributed by atoms with Crippen molar-refractivity contribution in [3.8, 4) is 0 Å². The van der Waals surface area contributed by atoms with Gasteiger partial charge in [-0.05, 0) is 42.2 Å². The van der Waals surface area contributed by atoms with Crippen LogP contribution in [0.4, 0.5) is 0 Å². The molecular weight excluding hydrogens is 392 g/mol. The first-order valence-corrected chi connectivity index (χ1v) is 11.9. The molecular formula is C25H34N2O2S. The van der Waals surface area contributed by atoms with E-state index in [0.717, 1.165) is 18.6 Å². The predicted molar refractivity (Wildman–Crippen MR) is 128 cm³/mol. The molecule has 0 aliphatic rings. The smallest absolute Gasteiger partial charge is 0.230 e. The van der Waals surface area contributed by atoms with Crippen LogP contribution in [0.2, 0.25) is 0 Å². The third-order valence-electron chi connectivity index (χ3n) is 4.90. The number of carbonyl (C=O) groups is 2. The van der Waals surface area contributed by atoms with E-state index in [9.17, 15) is 9.59 Å². The molecule has 5 heteroatoms. The molecule has 2 aromatic carbocycles. The fraction of sp³-hybridized carbons (Fsp3) is 0.440. The molecule has 2 amide bonds. The second-order valence-electron chi connectivity index (χ2n) is 7.61. The van der Waals surface area contributed by atoms with Gasteiger partial charge in [-0.15, -0.1) is 11.8 Å². The maximum absolute atomic E-state index is 12.0. The van der Waals surface area contributed by atoms with Gasteiger partial charge < -0.3 is 5.73 Å². The molecule has 2 rings (SSSR count). The lowest BCUT2D eigenvalue weighted by Gasteiger charge is -2.11. The lowest BCUT2D eigenvalue weighted by atomic mass is 10.1. The number of fused-ring (bicyclic) bond motifs is 1. The van der Waals surface area contributed by atoms with Crippen LogP contribution in [0.25, 0.3) is 10.8 Å². The van der Waals surface area contributed by atoms with Crippen molar-refractivity contribution in [2.45, 2.75) is 69.2 Å². The summed E-state index contributed by atoms with van der Waals surface area (Å²) in [7, 11) is 0. The average Bonchev–Trinajstić information content (AvgIpc) is 2.75.